The van der Waals surface area contributed by atoms with Gasteiger partial charge in [0.25, 0.3) is 0 Å². The molecule has 0 aliphatic heterocycles. The standard InChI is InChI=1S/C11H15BrFNO2/c1-11(16,7-15)6-14-5-8-2-3-9(12)10(13)4-8/h2-4,14-16H,5-7H2,1H3. The number of hydrogen-bond acceptors (Lipinski definition) is 3. The Balaban J connectivity index is 2.46. The lowest BCUT2D eigenvalue weighted by Crippen LogP contribution is -2.40. The van der Waals surface area contributed by atoms with Gasteiger partial charge < -0.3 is 15.5 Å². The van der Waals surface area contributed by atoms with Gasteiger partial charge in [0.2, 0.25) is 0 Å². The Morgan fingerprint density at radius 3 is 2.75 bits per heavy atom. The zero-order valence-electron chi connectivity index (χ0n) is 9.00. The van der Waals surface area contributed by atoms with Crippen molar-refractivity contribution in [3.63, 3.8) is 0 Å². The molecule has 0 aliphatic rings. The van der Waals surface area contributed by atoms with E-state index in [1.54, 1.807) is 12.1 Å². The third-order valence-corrected chi connectivity index (χ3v) is 2.80. The van der Waals surface area contributed by atoms with Gasteiger partial charge in [0.1, 0.15) is 5.82 Å². The zero-order chi connectivity index (χ0) is 12.2. The molecule has 1 atom stereocenters. The Hall–Kier alpha value is -0.490. The summed E-state index contributed by atoms with van der Waals surface area (Å²) in [6.07, 6.45) is 0. The maximum atomic E-state index is 13.1. The highest BCUT2D eigenvalue weighted by Gasteiger charge is 2.17. The minimum atomic E-state index is -1.14. The first-order chi connectivity index (χ1) is 7.44. The van der Waals surface area contributed by atoms with Gasteiger partial charge in [-0.1, -0.05) is 6.07 Å². The highest BCUT2D eigenvalue weighted by molar-refractivity contribution is 9.10. The average Bonchev–Trinajstić information content (AvgIpc) is 2.23. The number of nitrogens with one attached hydrogen (secondary N) is 1. The Morgan fingerprint density at radius 2 is 2.19 bits per heavy atom. The normalized spacial score (nSPS) is 14.8. The van der Waals surface area contributed by atoms with E-state index in [4.69, 9.17) is 5.11 Å². The number of aliphatic hydroxyl groups excluding tert-OH is 1. The maximum absolute atomic E-state index is 13.1. The summed E-state index contributed by atoms with van der Waals surface area (Å²) in [7, 11) is 0. The number of hydrogen-bond donors (Lipinski definition) is 3. The van der Waals surface area contributed by atoms with Crippen LogP contribution >= 0.6 is 15.9 Å². The van der Waals surface area contributed by atoms with Gasteiger partial charge in [0.05, 0.1) is 16.7 Å². The van der Waals surface area contributed by atoms with Crippen molar-refractivity contribution in [2.75, 3.05) is 13.2 Å². The monoisotopic (exact) mass is 291 g/mol. The van der Waals surface area contributed by atoms with E-state index in [9.17, 15) is 9.50 Å². The molecule has 16 heavy (non-hydrogen) atoms. The molecular weight excluding hydrogens is 277 g/mol. The molecule has 0 radical (unpaired) electrons. The van der Waals surface area contributed by atoms with Crippen molar-refractivity contribution in [1.82, 2.24) is 5.32 Å². The van der Waals surface area contributed by atoms with E-state index in [0.29, 0.717) is 11.0 Å². The van der Waals surface area contributed by atoms with Crippen molar-refractivity contribution in [2.24, 2.45) is 0 Å². The summed E-state index contributed by atoms with van der Waals surface area (Å²) in [6, 6.07) is 4.84. The Bertz CT molecular complexity index is 358. The highest BCUT2D eigenvalue weighted by atomic mass is 79.9. The van der Waals surface area contributed by atoms with Crippen LogP contribution in [0.4, 0.5) is 4.39 Å². The second kappa shape index (κ2) is 5.72. The van der Waals surface area contributed by atoms with Gasteiger partial charge in [-0.15, -0.1) is 0 Å². The summed E-state index contributed by atoms with van der Waals surface area (Å²) in [5.41, 5.74) is -0.358. The van der Waals surface area contributed by atoms with E-state index in [1.807, 2.05) is 0 Å². The molecule has 1 unspecified atom stereocenters. The fourth-order valence-corrected chi connectivity index (χ4v) is 1.43. The van der Waals surface area contributed by atoms with Crippen molar-refractivity contribution >= 4 is 15.9 Å². The van der Waals surface area contributed by atoms with Gasteiger partial charge in [-0.2, -0.15) is 0 Å². The number of rotatable bonds is 5. The summed E-state index contributed by atoms with van der Waals surface area (Å²) in [5.74, 6) is -0.312. The first kappa shape index (κ1) is 13.6. The number of benzene rings is 1. The van der Waals surface area contributed by atoms with E-state index in [1.165, 1.54) is 13.0 Å². The fourth-order valence-electron chi connectivity index (χ4n) is 1.18. The summed E-state index contributed by atoms with van der Waals surface area (Å²) < 4.78 is 13.6. The van der Waals surface area contributed by atoms with E-state index < -0.39 is 5.60 Å². The molecule has 0 spiro atoms. The lowest BCUT2D eigenvalue weighted by molar-refractivity contribution is 0.00253. The van der Waals surface area contributed by atoms with Crippen molar-refractivity contribution in [3.05, 3.63) is 34.1 Å². The van der Waals surface area contributed by atoms with Crippen LogP contribution in [0.3, 0.4) is 0 Å². The zero-order valence-corrected chi connectivity index (χ0v) is 10.6. The van der Waals surface area contributed by atoms with Gasteiger partial charge in [-0.25, -0.2) is 4.39 Å². The molecule has 0 saturated heterocycles. The first-order valence-electron chi connectivity index (χ1n) is 4.92. The molecule has 90 valence electrons. The summed E-state index contributed by atoms with van der Waals surface area (Å²) >= 11 is 3.07. The van der Waals surface area contributed by atoms with Crippen LogP contribution < -0.4 is 5.32 Å². The van der Waals surface area contributed by atoms with Gasteiger partial charge in [0.15, 0.2) is 0 Å². The minimum absolute atomic E-state index is 0.251. The number of aliphatic hydroxyl groups is 2. The Kier molecular flexibility index (Phi) is 4.86. The summed E-state index contributed by atoms with van der Waals surface area (Å²) in [5, 5.41) is 21.3. The van der Waals surface area contributed by atoms with E-state index in [-0.39, 0.29) is 19.0 Å². The Labute approximate surface area is 102 Å². The van der Waals surface area contributed by atoms with Crippen molar-refractivity contribution in [1.29, 1.82) is 0 Å². The average molecular weight is 292 g/mol. The van der Waals surface area contributed by atoms with Crippen molar-refractivity contribution in [2.45, 2.75) is 19.1 Å². The molecular formula is C11H15BrFNO2. The van der Waals surface area contributed by atoms with Crippen LogP contribution in [0, 0.1) is 5.82 Å². The quantitative estimate of drug-likeness (QED) is 0.769. The van der Waals surface area contributed by atoms with Crippen LogP contribution in [-0.2, 0) is 6.54 Å². The third kappa shape index (κ3) is 4.17. The topological polar surface area (TPSA) is 52.5 Å². The van der Waals surface area contributed by atoms with Crippen LogP contribution in [0.5, 0.6) is 0 Å². The molecule has 3 N–H and O–H groups in total. The van der Waals surface area contributed by atoms with E-state index >= 15 is 0 Å². The highest BCUT2D eigenvalue weighted by Crippen LogP contribution is 2.16. The van der Waals surface area contributed by atoms with Crippen LogP contribution in [0.1, 0.15) is 12.5 Å². The molecule has 0 saturated carbocycles. The summed E-state index contributed by atoms with van der Waals surface area (Å²) in [6.45, 7) is 1.92. The third-order valence-electron chi connectivity index (χ3n) is 2.16. The smallest absolute Gasteiger partial charge is 0.137 e. The van der Waals surface area contributed by atoms with Crippen LogP contribution in [0.15, 0.2) is 22.7 Å². The van der Waals surface area contributed by atoms with E-state index in [0.717, 1.165) is 5.56 Å². The molecule has 0 bridgehead atoms. The minimum Gasteiger partial charge on any atom is -0.393 e. The van der Waals surface area contributed by atoms with Crippen LogP contribution in [0.25, 0.3) is 0 Å². The molecule has 1 rings (SSSR count). The predicted octanol–water partition coefficient (Wildman–Crippen LogP) is 1.42. The number of halogens is 2. The second-order valence-electron chi connectivity index (χ2n) is 4.01. The van der Waals surface area contributed by atoms with Crippen molar-refractivity contribution < 1.29 is 14.6 Å². The summed E-state index contributed by atoms with van der Waals surface area (Å²) in [4.78, 5) is 0. The molecule has 5 heteroatoms. The van der Waals surface area contributed by atoms with Gasteiger partial charge in [-0.05, 0) is 40.5 Å². The molecule has 3 nitrogen and oxygen atoms in total. The molecule has 0 aromatic heterocycles. The molecule has 0 amide bonds. The Morgan fingerprint density at radius 1 is 1.50 bits per heavy atom. The predicted molar refractivity (Wildman–Crippen MR) is 63.5 cm³/mol. The maximum Gasteiger partial charge on any atom is 0.137 e. The lowest BCUT2D eigenvalue weighted by atomic mass is 10.1. The molecule has 0 fully saturated rings. The van der Waals surface area contributed by atoms with E-state index in [2.05, 4.69) is 21.2 Å². The molecule has 0 aliphatic carbocycles. The molecule has 0 heterocycles. The van der Waals surface area contributed by atoms with Gasteiger partial charge in [0, 0.05) is 13.1 Å². The van der Waals surface area contributed by atoms with Crippen molar-refractivity contribution in [3.8, 4) is 0 Å². The van der Waals surface area contributed by atoms with Gasteiger partial charge >= 0.3 is 0 Å². The molecule has 1 aromatic rings. The van der Waals surface area contributed by atoms with Gasteiger partial charge in [-0.3, -0.25) is 0 Å². The molecule has 1 aromatic carbocycles. The van der Waals surface area contributed by atoms with Crippen LogP contribution in [0.2, 0.25) is 0 Å². The lowest BCUT2D eigenvalue weighted by Gasteiger charge is -2.20. The fraction of sp³-hybridized carbons (Fsp3) is 0.455. The first-order valence-corrected chi connectivity index (χ1v) is 5.72. The largest absolute Gasteiger partial charge is 0.393 e. The second-order valence-corrected chi connectivity index (χ2v) is 4.86. The SMILES string of the molecule is CC(O)(CO)CNCc1ccc(Br)c(F)c1. The van der Waals surface area contributed by atoms with Crippen LogP contribution in [-0.4, -0.2) is 29.0 Å².